The molecule has 5 aromatic rings. The van der Waals surface area contributed by atoms with Gasteiger partial charge in [0, 0.05) is 60.9 Å². The minimum Gasteiger partial charge on any atom is -0.256 e. The lowest BCUT2D eigenvalue weighted by Gasteiger charge is -2.48. The number of hydrogen-bond donors (Lipinski definition) is 0. The normalized spacial score (nSPS) is 22.2. The molecule has 3 unspecified atom stereocenters. The van der Waals surface area contributed by atoms with Crippen LogP contribution in [0.25, 0.3) is 33.8 Å². The zero-order chi connectivity index (χ0) is 27.3. The van der Waals surface area contributed by atoms with Crippen molar-refractivity contribution >= 4 is 0 Å². The van der Waals surface area contributed by atoms with Crippen molar-refractivity contribution in [2.45, 2.75) is 63.5 Å². The Bertz CT molecular complexity index is 1710. The Morgan fingerprint density at radius 1 is 0.750 bits per heavy atom. The minimum absolute atomic E-state index is 0.0197. The van der Waals surface area contributed by atoms with E-state index >= 15 is 0 Å². The van der Waals surface area contributed by atoms with Crippen molar-refractivity contribution in [1.82, 2.24) is 4.98 Å². The van der Waals surface area contributed by atoms with Gasteiger partial charge in [0.15, 0.2) is 24.0 Å². The van der Waals surface area contributed by atoms with Crippen LogP contribution in [0.1, 0.15) is 63.6 Å². The van der Waals surface area contributed by atoms with Gasteiger partial charge in [-0.15, -0.1) is 0 Å². The van der Waals surface area contributed by atoms with E-state index in [1.54, 1.807) is 0 Å². The Morgan fingerprint density at radius 2 is 1.52 bits per heavy atom. The fraction of sp³-hybridized carbons (Fsp3) is 0.270. The van der Waals surface area contributed by atoms with Crippen molar-refractivity contribution in [1.29, 1.82) is 0 Å². The monoisotopic (exact) mass is 523 g/mol. The molecule has 0 spiro atoms. The van der Waals surface area contributed by atoms with Crippen LogP contribution in [-0.2, 0) is 11.0 Å². The second-order valence-corrected chi connectivity index (χ2v) is 11.6. The van der Waals surface area contributed by atoms with Gasteiger partial charge in [-0.2, -0.15) is 9.13 Å². The lowest BCUT2D eigenvalue weighted by Crippen LogP contribution is -2.69. The summed E-state index contributed by atoms with van der Waals surface area (Å²) >= 11 is 0. The van der Waals surface area contributed by atoms with Crippen LogP contribution >= 0.6 is 0 Å². The Labute approximate surface area is 237 Å². The van der Waals surface area contributed by atoms with Crippen LogP contribution in [0.5, 0.6) is 0 Å². The molecule has 0 bridgehead atoms. The highest BCUT2D eigenvalue weighted by Crippen LogP contribution is 2.52. The molecule has 3 aromatic heterocycles. The standard InChI is InChI=1S/C37H37N3/c1-4-36(3)31-17-9-8-16-30(31)34-19-11-13-24-40(34)37(36,5-2)22-20-33-28-14-6-7-15-29(28)35-26-27(21-25-39(33)35)32-18-10-12-23-38-32/h6-19,21,23-26,33H,4-5,20,22H2,1-3H3/q+2. The van der Waals surface area contributed by atoms with Gasteiger partial charge in [0.1, 0.15) is 0 Å². The summed E-state index contributed by atoms with van der Waals surface area (Å²) in [5, 5.41) is 0. The predicted octanol–water partition coefficient (Wildman–Crippen LogP) is 7.83. The van der Waals surface area contributed by atoms with E-state index in [1.807, 2.05) is 12.3 Å². The highest BCUT2D eigenvalue weighted by molar-refractivity contribution is 5.70. The van der Waals surface area contributed by atoms with Crippen molar-refractivity contribution in [2.24, 2.45) is 0 Å². The summed E-state index contributed by atoms with van der Waals surface area (Å²) < 4.78 is 5.15. The number of nitrogens with zero attached hydrogens (tertiary/aromatic N) is 3. The SMILES string of the molecule is CCC1(C)c2ccccc2-c2cccc[n+]2C1(CC)CCC1c2ccccc2-c2cc(-c3ccccn3)cc[n+]21. The van der Waals surface area contributed by atoms with E-state index in [4.69, 9.17) is 0 Å². The van der Waals surface area contributed by atoms with Crippen LogP contribution in [0.4, 0.5) is 0 Å². The molecule has 0 saturated heterocycles. The number of aromatic nitrogens is 3. The second-order valence-electron chi connectivity index (χ2n) is 11.6. The fourth-order valence-electron chi connectivity index (χ4n) is 7.93. The van der Waals surface area contributed by atoms with Gasteiger partial charge >= 0.3 is 0 Å². The Hall–Kier alpha value is -4.11. The first-order chi connectivity index (χ1) is 19.6. The average Bonchev–Trinajstić information content (AvgIpc) is 3.34. The Balaban J connectivity index is 1.33. The van der Waals surface area contributed by atoms with Crippen molar-refractivity contribution in [3.63, 3.8) is 0 Å². The van der Waals surface area contributed by atoms with Gasteiger partial charge in [-0.25, -0.2) is 0 Å². The lowest BCUT2D eigenvalue weighted by molar-refractivity contribution is -0.772. The molecule has 3 nitrogen and oxygen atoms in total. The maximum Gasteiger partial charge on any atom is 0.214 e. The Morgan fingerprint density at radius 3 is 2.33 bits per heavy atom. The van der Waals surface area contributed by atoms with Crippen LogP contribution in [0, 0.1) is 0 Å². The molecule has 0 fully saturated rings. The van der Waals surface area contributed by atoms with Gasteiger partial charge in [0.2, 0.25) is 11.4 Å². The van der Waals surface area contributed by atoms with E-state index in [9.17, 15) is 0 Å². The van der Waals surface area contributed by atoms with E-state index in [1.165, 1.54) is 39.2 Å². The van der Waals surface area contributed by atoms with Gasteiger partial charge in [0.25, 0.3) is 0 Å². The van der Waals surface area contributed by atoms with Crippen LogP contribution in [0.2, 0.25) is 0 Å². The molecule has 40 heavy (non-hydrogen) atoms. The first-order valence-corrected chi connectivity index (χ1v) is 14.8. The summed E-state index contributed by atoms with van der Waals surface area (Å²) in [7, 11) is 0. The molecule has 0 N–H and O–H groups in total. The van der Waals surface area contributed by atoms with Crippen LogP contribution in [0.3, 0.4) is 0 Å². The highest BCUT2D eigenvalue weighted by Gasteiger charge is 2.59. The summed E-state index contributed by atoms with van der Waals surface area (Å²) in [6.45, 7) is 7.29. The molecule has 2 aromatic carbocycles. The molecular formula is C37H37N3+2. The van der Waals surface area contributed by atoms with Crippen LogP contribution < -0.4 is 9.13 Å². The third-order valence-electron chi connectivity index (χ3n) is 10.1. The molecule has 3 heteroatoms. The summed E-state index contributed by atoms with van der Waals surface area (Å²) in [4.78, 5) is 4.62. The average molecular weight is 524 g/mol. The molecule has 2 aliphatic rings. The molecule has 0 radical (unpaired) electrons. The number of benzene rings is 2. The molecular weight excluding hydrogens is 486 g/mol. The fourth-order valence-corrected chi connectivity index (χ4v) is 7.93. The second kappa shape index (κ2) is 9.52. The van der Waals surface area contributed by atoms with E-state index in [-0.39, 0.29) is 11.0 Å². The van der Waals surface area contributed by atoms with Crippen molar-refractivity contribution < 1.29 is 9.13 Å². The summed E-state index contributed by atoms with van der Waals surface area (Å²) in [6, 6.07) is 35.8. The maximum absolute atomic E-state index is 4.62. The van der Waals surface area contributed by atoms with E-state index in [0.717, 1.165) is 31.4 Å². The first-order valence-electron chi connectivity index (χ1n) is 14.8. The molecule has 2 aliphatic heterocycles. The van der Waals surface area contributed by atoms with E-state index in [0.29, 0.717) is 6.04 Å². The summed E-state index contributed by atoms with van der Waals surface area (Å²) in [5.74, 6) is 0. The molecule has 7 rings (SSSR count). The van der Waals surface area contributed by atoms with Crippen molar-refractivity contribution in [3.05, 3.63) is 127 Å². The zero-order valence-electron chi connectivity index (χ0n) is 23.7. The maximum atomic E-state index is 4.62. The molecule has 0 aliphatic carbocycles. The summed E-state index contributed by atoms with van der Waals surface area (Å²) in [5.41, 5.74) is 10.4. The van der Waals surface area contributed by atoms with E-state index in [2.05, 4.69) is 138 Å². The number of hydrogen-bond acceptors (Lipinski definition) is 1. The quantitative estimate of drug-likeness (QED) is 0.208. The Kier molecular flexibility index (Phi) is 5.92. The van der Waals surface area contributed by atoms with Gasteiger partial charge in [-0.05, 0) is 49.2 Å². The lowest BCUT2D eigenvalue weighted by atomic mass is 9.58. The number of pyridine rings is 3. The van der Waals surface area contributed by atoms with Gasteiger partial charge < -0.3 is 0 Å². The zero-order valence-corrected chi connectivity index (χ0v) is 23.7. The molecule has 0 amide bonds. The minimum atomic E-state index is -0.0289. The number of rotatable bonds is 6. The van der Waals surface area contributed by atoms with Crippen LogP contribution in [0.15, 0.2) is 116 Å². The first kappa shape index (κ1) is 24.9. The van der Waals surface area contributed by atoms with Gasteiger partial charge in [0.05, 0.1) is 22.2 Å². The van der Waals surface area contributed by atoms with Gasteiger partial charge in [-0.1, -0.05) is 56.3 Å². The topological polar surface area (TPSA) is 20.6 Å². The largest absolute Gasteiger partial charge is 0.256 e. The van der Waals surface area contributed by atoms with Gasteiger partial charge in [-0.3, -0.25) is 4.98 Å². The molecule has 198 valence electrons. The highest BCUT2D eigenvalue weighted by atomic mass is 15.1. The predicted molar refractivity (Wildman–Crippen MR) is 161 cm³/mol. The molecule has 5 heterocycles. The smallest absolute Gasteiger partial charge is 0.214 e. The third-order valence-corrected chi connectivity index (χ3v) is 10.1. The molecule has 3 atom stereocenters. The van der Waals surface area contributed by atoms with E-state index < -0.39 is 0 Å². The summed E-state index contributed by atoms with van der Waals surface area (Å²) in [6.07, 6.45) is 10.8. The molecule has 0 saturated carbocycles. The third kappa shape index (κ3) is 3.46. The van der Waals surface area contributed by atoms with Crippen molar-refractivity contribution in [2.75, 3.05) is 0 Å². The van der Waals surface area contributed by atoms with Crippen molar-refractivity contribution in [3.8, 4) is 33.8 Å². The van der Waals surface area contributed by atoms with Crippen LogP contribution in [-0.4, -0.2) is 4.98 Å². The number of fused-ring (bicyclic) bond motifs is 6.